The SMILES string of the molecule is C=C(C)CCCC=C(C)C. The van der Waals surface area contributed by atoms with Crippen LogP contribution in [-0.2, 0) is 0 Å². The van der Waals surface area contributed by atoms with E-state index in [4.69, 9.17) is 0 Å². The lowest BCUT2D eigenvalue weighted by Gasteiger charge is -1.95. The standard InChI is InChI=1S/C10H18/c1-9(2)7-5-6-8-10(3)4/h8H,1,5-7H2,2-4H3. The summed E-state index contributed by atoms with van der Waals surface area (Å²) in [6, 6.07) is 0. The highest BCUT2D eigenvalue weighted by Gasteiger charge is 1.85. The Bertz CT molecular complexity index is 125. The summed E-state index contributed by atoms with van der Waals surface area (Å²) in [5.41, 5.74) is 2.71. The Morgan fingerprint density at radius 3 is 2.30 bits per heavy atom. The molecule has 0 aromatic rings. The lowest BCUT2D eigenvalue weighted by Crippen LogP contribution is -1.75. The second-order valence-corrected chi connectivity index (χ2v) is 3.13. The molecule has 58 valence electrons. The third kappa shape index (κ3) is 7.48. The topological polar surface area (TPSA) is 0 Å². The highest BCUT2D eigenvalue weighted by molar-refractivity contribution is 4.94. The predicted molar refractivity (Wildman–Crippen MR) is 48.1 cm³/mol. The largest absolute Gasteiger partial charge is 0.100 e. The van der Waals surface area contributed by atoms with Gasteiger partial charge in [-0.05, 0) is 40.0 Å². The summed E-state index contributed by atoms with van der Waals surface area (Å²) < 4.78 is 0. The van der Waals surface area contributed by atoms with Gasteiger partial charge in [0.15, 0.2) is 0 Å². The normalized spacial score (nSPS) is 9.10. The average molecular weight is 138 g/mol. The molecule has 0 saturated heterocycles. The van der Waals surface area contributed by atoms with E-state index < -0.39 is 0 Å². The Hall–Kier alpha value is -0.520. The van der Waals surface area contributed by atoms with Crippen molar-refractivity contribution >= 4 is 0 Å². The van der Waals surface area contributed by atoms with Gasteiger partial charge >= 0.3 is 0 Å². The van der Waals surface area contributed by atoms with Crippen molar-refractivity contribution in [2.24, 2.45) is 0 Å². The summed E-state index contributed by atoms with van der Waals surface area (Å²) in [5, 5.41) is 0. The highest BCUT2D eigenvalue weighted by Crippen LogP contribution is 2.05. The Morgan fingerprint density at radius 1 is 1.30 bits per heavy atom. The van der Waals surface area contributed by atoms with Gasteiger partial charge in [0.05, 0.1) is 0 Å². The van der Waals surface area contributed by atoms with Crippen molar-refractivity contribution in [3.63, 3.8) is 0 Å². The minimum absolute atomic E-state index is 1.17. The van der Waals surface area contributed by atoms with E-state index in [0.717, 1.165) is 0 Å². The molecule has 10 heavy (non-hydrogen) atoms. The van der Waals surface area contributed by atoms with Crippen LogP contribution in [0.15, 0.2) is 23.8 Å². The van der Waals surface area contributed by atoms with Crippen molar-refractivity contribution in [1.82, 2.24) is 0 Å². The van der Waals surface area contributed by atoms with Gasteiger partial charge in [-0.2, -0.15) is 0 Å². The van der Waals surface area contributed by atoms with Crippen LogP contribution < -0.4 is 0 Å². The van der Waals surface area contributed by atoms with E-state index >= 15 is 0 Å². The molecule has 0 aliphatic heterocycles. The van der Waals surface area contributed by atoms with Crippen LogP contribution in [0, 0.1) is 0 Å². The second-order valence-electron chi connectivity index (χ2n) is 3.13. The molecule has 0 nitrogen and oxygen atoms in total. The zero-order valence-electron chi connectivity index (χ0n) is 7.41. The van der Waals surface area contributed by atoms with Crippen LogP contribution in [0.25, 0.3) is 0 Å². The van der Waals surface area contributed by atoms with Crippen LogP contribution in [-0.4, -0.2) is 0 Å². The first-order valence-electron chi connectivity index (χ1n) is 3.90. The van der Waals surface area contributed by atoms with Crippen LogP contribution in [0.1, 0.15) is 40.0 Å². The average Bonchev–Trinajstić information content (AvgIpc) is 1.79. The predicted octanol–water partition coefficient (Wildman–Crippen LogP) is 3.70. The van der Waals surface area contributed by atoms with E-state index in [9.17, 15) is 0 Å². The summed E-state index contributed by atoms with van der Waals surface area (Å²) in [6.07, 6.45) is 5.91. The molecule has 0 aliphatic carbocycles. The first-order valence-corrected chi connectivity index (χ1v) is 3.90. The number of rotatable bonds is 4. The molecule has 0 saturated carbocycles. The van der Waals surface area contributed by atoms with E-state index in [-0.39, 0.29) is 0 Å². The van der Waals surface area contributed by atoms with Gasteiger partial charge < -0.3 is 0 Å². The number of hydrogen-bond acceptors (Lipinski definition) is 0. The van der Waals surface area contributed by atoms with Gasteiger partial charge in [-0.15, -0.1) is 6.58 Å². The number of allylic oxidation sites excluding steroid dienone is 3. The van der Waals surface area contributed by atoms with Crippen molar-refractivity contribution in [1.29, 1.82) is 0 Å². The van der Waals surface area contributed by atoms with Crippen molar-refractivity contribution in [3.05, 3.63) is 23.8 Å². The molecule has 0 rings (SSSR count). The van der Waals surface area contributed by atoms with Crippen LogP contribution in [0.2, 0.25) is 0 Å². The van der Waals surface area contributed by atoms with Gasteiger partial charge in [0.25, 0.3) is 0 Å². The van der Waals surface area contributed by atoms with E-state index in [2.05, 4.69) is 33.4 Å². The highest BCUT2D eigenvalue weighted by atomic mass is 13.9. The fraction of sp³-hybridized carbons (Fsp3) is 0.600. The lowest BCUT2D eigenvalue weighted by molar-refractivity contribution is 0.830. The Kier molecular flexibility index (Phi) is 5.00. The maximum Gasteiger partial charge on any atom is -0.0323 e. The summed E-state index contributed by atoms with van der Waals surface area (Å²) in [5.74, 6) is 0. The minimum Gasteiger partial charge on any atom is -0.100 e. The minimum atomic E-state index is 1.17. The summed E-state index contributed by atoms with van der Waals surface area (Å²) in [4.78, 5) is 0. The van der Waals surface area contributed by atoms with Gasteiger partial charge in [0, 0.05) is 0 Å². The van der Waals surface area contributed by atoms with Crippen LogP contribution in [0.4, 0.5) is 0 Å². The zero-order valence-corrected chi connectivity index (χ0v) is 7.41. The Labute approximate surface area is 64.6 Å². The quantitative estimate of drug-likeness (QED) is 0.410. The number of hydrogen-bond donors (Lipinski definition) is 0. The maximum absolute atomic E-state index is 3.85. The van der Waals surface area contributed by atoms with Gasteiger partial charge in [0.1, 0.15) is 0 Å². The molecule has 0 radical (unpaired) electrons. The molecule has 0 heteroatoms. The lowest BCUT2D eigenvalue weighted by atomic mass is 10.1. The fourth-order valence-corrected chi connectivity index (χ4v) is 0.795. The third-order valence-corrected chi connectivity index (χ3v) is 1.36. The molecule has 0 fully saturated rings. The van der Waals surface area contributed by atoms with E-state index in [1.54, 1.807) is 0 Å². The van der Waals surface area contributed by atoms with E-state index in [0.29, 0.717) is 0 Å². The molecular weight excluding hydrogens is 120 g/mol. The molecule has 0 heterocycles. The van der Waals surface area contributed by atoms with Crippen LogP contribution in [0.5, 0.6) is 0 Å². The van der Waals surface area contributed by atoms with Gasteiger partial charge in [-0.3, -0.25) is 0 Å². The van der Waals surface area contributed by atoms with Crippen molar-refractivity contribution in [2.45, 2.75) is 40.0 Å². The molecule has 0 aromatic heterocycles. The van der Waals surface area contributed by atoms with Crippen LogP contribution in [0.3, 0.4) is 0 Å². The van der Waals surface area contributed by atoms with Gasteiger partial charge in [-0.25, -0.2) is 0 Å². The Morgan fingerprint density at radius 2 is 1.90 bits per heavy atom. The summed E-state index contributed by atoms with van der Waals surface area (Å²) >= 11 is 0. The molecule has 0 unspecified atom stereocenters. The first kappa shape index (κ1) is 9.48. The van der Waals surface area contributed by atoms with Crippen LogP contribution >= 0.6 is 0 Å². The molecule has 0 spiro atoms. The molecule has 0 aliphatic rings. The molecule has 0 bridgehead atoms. The molecule has 0 N–H and O–H groups in total. The molecular formula is C10H18. The summed E-state index contributed by atoms with van der Waals surface area (Å²) in [6.45, 7) is 10.2. The van der Waals surface area contributed by atoms with Gasteiger partial charge in [-0.1, -0.05) is 17.2 Å². The first-order chi connectivity index (χ1) is 4.63. The van der Waals surface area contributed by atoms with Crippen molar-refractivity contribution < 1.29 is 0 Å². The smallest absolute Gasteiger partial charge is 0.0323 e. The third-order valence-electron chi connectivity index (χ3n) is 1.36. The van der Waals surface area contributed by atoms with E-state index in [1.807, 2.05) is 0 Å². The molecule has 0 aromatic carbocycles. The van der Waals surface area contributed by atoms with E-state index in [1.165, 1.54) is 30.4 Å². The fourth-order valence-electron chi connectivity index (χ4n) is 0.795. The monoisotopic (exact) mass is 138 g/mol. The molecule has 0 amide bonds. The van der Waals surface area contributed by atoms with Gasteiger partial charge in [0.2, 0.25) is 0 Å². The Balaban J connectivity index is 3.21. The number of unbranched alkanes of at least 4 members (excludes halogenated alkanes) is 1. The van der Waals surface area contributed by atoms with Crippen molar-refractivity contribution in [3.8, 4) is 0 Å². The maximum atomic E-state index is 3.85. The summed E-state index contributed by atoms with van der Waals surface area (Å²) in [7, 11) is 0. The second kappa shape index (κ2) is 5.28. The molecule has 0 atom stereocenters. The van der Waals surface area contributed by atoms with Crippen molar-refractivity contribution in [2.75, 3.05) is 0 Å². The zero-order chi connectivity index (χ0) is 7.98.